The molecule has 1 saturated carbocycles. The average Bonchev–Trinajstić information content (AvgIpc) is 3.23. The van der Waals surface area contributed by atoms with Gasteiger partial charge in [0.25, 0.3) is 0 Å². The van der Waals surface area contributed by atoms with Crippen molar-refractivity contribution in [1.29, 1.82) is 0 Å². The molecule has 0 bridgehead atoms. The van der Waals surface area contributed by atoms with Gasteiger partial charge in [0, 0.05) is 24.6 Å². The summed E-state index contributed by atoms with van der Waals surface area (Å²) in [6, 6.07) is 14.1. The number of carbonyl (C=O) groups is 1. The van der Waals surface area contributed by atoms with Gasteiger partial charge in [-0.05, 0) is 37.5 Å². The maximum absolute atomic E-state index is 12.9. The van der Waals surface area contributed by atoms with E-state index >= 15 is 0 Å². The maximum Gasteiger partial charge on any atom is 0.232 e. The molecule has 0 radical (unpaired) electrons. The van der Waals surface area contributed by atoms with Crippen LogP contribution in [0.5, 0.6) is 0 Å². The van der Waals surface area contributed by atoms with E-state index in [1.807, 2.05) is 55.6 Å². The lowest BCUT2D eigenvalue weighted by atomic mass is 9.96. The highest BCUT2D eigenvalue weighted by Gasteiger charge is 2.14. The number of oxazole rings is 1. The average molecular weight is 389 g/mol. The third-order valence-electron chi connectivity index (χ3n) is 5.41. The standard InChI is InChI=1S/C24H27N3O2/c1-18-14-15-27(22(16-18)26-20-10-6-3-7-11-20)24(28)13-12-23-25-17-21(29-23)19-8-4-2-5-9-19/h2,4-5,8-9,14-17,20H,3,6-7,10-13H2,1H3. The molecule has 1 aromatic carbocycles. The zero-order chi connectivity index (χ0) is 20.1. The molecule has 0 amide bonds. The predicted molar refractivity (Wildman–Crippen MR) is 112 cm³/mol. The second-order valence-electron chi connectivity index (χ2n) is 7.73. The fraction of sp³-hybridized carbons (Fsp3) is 0.375. The monoisotopic (exact) mass is 389 g/mol. The van der Waals surface area contributed by atoms with Gasteiger partial charge in [-0.2, -0.15) is 0 Å². The smallest absolute Gasteiger partial charge is 0.232 e. The first-order chi connectivity index (χ1) is 14.2. The van der Waals surface area contributed by atoms with Crippen LogP contribution in [0.15, 0.2) is 64.3 Å². The minimum absolute atomic E-state index is 0.0130. The predicted octanol–water partition coefficient (Wildman–Crippen LogP) is 4.96. The molecule has 4 rings (SSSR count). The Morgan fingerprint density at radius 2 is 1.97 bits per heavy atom. The molecule has 1 aliphatic carbocycles. The fourth-order valence-corrected chi connectivity index (χ4v) is 3.79. The Morgan fingerprint density at radius 1 is 1.17 bits per heavy atom. The summed E-state index contributed by atoms with van der Waals surface area (Å²) in [5.74, 6) is 1.32. The fourth-order valence-electron chi connectivity index (χ4n) is 3.79. The number of aromatic nitrogens is 2. The molecule has 0 spiro atoms. The van der Waals surface area contributed by atoms with E-state index in [1.54, 1.807) is 10.8 Å². The number of hydrogen-bond donors (Lipinski definition) is 0. The van der Waals surface area contributed by atoms with Crippen molar-refractivity contribution in [3.05, 3.63) is 71.8 Å². The van der Waals surface area contributed by atoms with E-state index in [9.17, 15) is 4.79 Å². The second-order valence-corrected chi connectivity index (χ2v) is 7.73. The van der Waals surface area contributed by atoms with Crippen molar-refractivity contribution in [2.75, 3.05) is 0 Å². The molecule has 3 aromatic rings. The zero-order valence-electron chi connectivity index (χ0n) is 16.9. The van der Waals surface area contributed by atoms with Crippen molar-refractivity contribution in [2.24, 2.45) is 4.99 Å². The zero-order valence-corrected chi connectivity index (χ0v) is 16.9. The lowest BCUT2D eigenvalue weighted by molar-refractivity contribution is 0.0894. The Morgan fingerprint density at radius 3 is 2.76 bits per heavy atom. The van der Waals surface area contributed by atoms with E-state index in [4.69, 9.17) is 9.41 Å². The van der Waals surface area contributed by atoms with Crippen molar-refractivity contribution >= 4 is 5.91 Å². The van der Waals surface area contributed by atoms with E-state index in [-0.39, 0.29) is 5.91 Å². The van der Waals surface area contributed by atoms with E-state index in [1.165, 1.54) is 19.3 Å². The van der Waals surface area contributed by atoms with Gasteiger partial charge in [-0.25, -0.2) is 4.98 Å². The summed E-state index contributed by atoms with van der Waals surface area (Å²) in [5.41, 5.74) is 2.86. The van der Waals surface area contributed by atoms with Crippen molar-refractivity contribution in [1.82, 2.24) is 9.55 Å². The molecular weight excluding hydrogens is 362 g/mol. The summed E-state index contributed by atoms with van der Waals surface area (Å²) in [5, 5.41) is 0. The number of pyridine rings is 1. The van der Waals surface area contributed by atoms with Crippen LogP contribution in [0.4, 0.5) is 0 Å². The molecule has 0 saturated heterocycles. The van der Waals surface area contributed by atoms with Crippen LogP contribution in [0.3, 0.4) is 0 Å². The van der Waals surface area contributed by atoms with Crippen LogP contribution in [0.1, 0.15) is 54.8 Å². The highest BCUT2D eigenvalue weighted by molar-refractivity contribution is 5.78. The van der Waals surface area contributed by atoms with E-state index in [2.05, 4.69) is 4.98 Å². The lowest BCUT2D eigenvalue weighted by Crippen LogP contribution is -2.29. The van der Waals surface area contributed by atoms with Gasteiger partial charge in [0.05, 0.1) is 12.2 Å². The highest BCUT2D eigenvalue weighted by Crippen LogP contribution is 2.21. The topological polar surface area (TPSA) is 60.4 Å². The minimum Gasteiger partial charge on any atom is -0.441 e. The molecule has 5 heteroatoms. The molecule has 2 heterocycles. The van der Waals surface area contributed by atoms with Gasteiger partial charge in [-0.3, -0.25) is 14.4 Å². The molecule has 0 N–H and O–H groups in total. The molecule has 1 aliphatic rings. The van der Waals surface area contributed by atoms with Crippen LogP contribution < -0.4 is 5.49 Å². The Balaban J connectivity index is 1.48. The second kappa shape index (κ2) is 9.03. The van der Waals surface area contributed by atoms with Gasteiger partial charge in [-0.1, -0.05) is 49.6 Å². The minimum atomic E-state index is 0.0130. The van der Waals surface area contributed by atoms with Crippen LogP contribution in [-0.2, 0) is 6.42 Å². The van der Waals surface area contributed by atoms with Crippen LogP contribution in [-0.4, -0.2) is 21.5 Å². The van der Waals surface area contributed by atoms with Crippen molar-refractivity contribution in [2.45, 2.75) is 57.9 Å². The van der Waals surface area contributed by atoms with Crippen LogP contribution in [0, 0.1) is 6.92 Å². The lowest BCUT2D eigenvalue weighted by Gasteiger charge is -2.18. The van der Waals surface area contributed by atoms with Gasteiger partial charge >= 0.3 is 0 Å². The summed E-state index contributed by atoms with van der Waals surface area (Å²) in [6.07, 6.45) is 10.3. The van der Waals surface area contributed by atoms with Gasteiger partial charge in [0.15, 0.2) is 11.7 Å². The third kappa shape index (κ3) is 4.91. The van der Waals surface area contributed by atoms with Crippen molar-refractivity contribution in [3.8, 4) is 11.3 Å². The molecule has 150 valence electrons. The van der Waals surface area contributed by atoms with Crippen molar-refractivity contribution < 1.29 is 9.21 Å². The van der Waals surface area contributed by atoms with E-state index in [0.717, 1.165) is 35.2 Å². The maximum atomic E-state index is 12.9. The summed E-state index contributed by atoms with van der Waals surface area (Å²) in [7, 11) is 0. The van der Waals surface area contributed by atoms with Gasteiger partial charge in [0.1, 0.15) is 5.49 Å². The van der Waals surface area contributed by atoms with Crippen molar-refractivity contribution in [3.63, 3.8) is 0 Å². The SMILES string of the molecule is Cc1ccn(C(=O)CCc2ncc(-c3ccccc3)o2)c(=NC2CCCCC2)c1. The summed E-state index contributed by atoms with van der Waals surface area (Å²) in [4.78, 5) is 22.1. The first-order valence-corrected chi connectivity index (χ1v) is 10.5. The van der Waals surface area contributed by atoms with Gasteiger partial charge < -0.3 is 4.42 Å². The molecule has 2 aromatic heterocycles. The number of benzene rings is 1. The Kier molecular flexibility index (Phi) is 6.03. The molecule has 0 aliphatic heterocycles. The summed E-state index contributed by atoms with van der Waals surface area (Å²) < 4.78 is 7.51. The van der Waals surface area contributed by atoms with Gasteiger partial charge in [0.2, 0.25) is 5.91 Å². The number of aryl methyl sites for hydroxylation is 2. The number of carbonyl (C=O) groups excluding carboxylic acids is 1. The van der Waals surface area contributed by atoms with Gasteiger partial charge in [-0.15, -0.1) is 0 Å². The van der Waals surface area contributed by atoms with E-state index in [0.29, 0.717) is 24.8 Å². The summed E-state index contributed by atoms with van der Waals surface area (Å²) in [6.45, 7) is 2.03. The Hall–Kier alpha value is -2.95. The Bertz CT molecular complexity index is 1030. The normalized spacial score (nSPS) is 15.6. The molecule has 0 atom stereocenters. The number of hydrogen-bond acceptors (Lipinski definition) is 4. The van der Waals surface area contributed by atoms with Crippen LogP contribution >= 0.6 is 0 Å². The number of nitrogens with zero attached hydrogens (tertiary/aromatic N) is 3. The first kappa shape index (κ1) is 19.4. The molecule has 0 unspecified atom stereocenters. The molecule has 5 nitrogen and oxygen atoms in total. The largest absolute Gasteiger partial charge is 0.441 e. The van der Waals surface area contributed by atoms with Crippen LogP contribution in [0.2, 0.25) is 0 Å². The Labute approximate surface area is 171 Å². The quantitative estimate of drug-likeness (QED) is 0.620. The molecular formula is C24H27N3O2. The molecule has 29 heavy (non-hydrogen) atoms. The third-order valence-corrected chi connectivity index (χ3v) is 5.41. The first-order valence-electron chi connectivity index (χ1n) is 10.5. The van der Waals surface area contributed by atoms with E-state index < -0.39 is 0 Å². The highest BCUT2D eigenvalue weighted by atomic mass is 16.4. The van der Waals surface area contributed by atoms with Crippen LogP contribution in [0.25, 0.3) is 11.3 Å². The number of rotatable bonds is 5. The molecule has 1 fully saturated rings. The summed E-state index contributed by atoms with van der Waals surface area (Å²) >= 11 is 0.